The van der Waals surface area contributed by atoms with Crippen LogP contribution in [0.5, 0.6) is 17.4 Å². The summed E-state index contributed by atoms with van der Waals surface area (Å²) in [5.74, 6) is 1.40. The standard InChI is InChI=1S/C24H26F2N4O4/c1-32-20-9-15(2-5-19(20)34-12-21(25)26)17-10-18-23(30(13-28-18)16-3-4-16)24(29-17)33-7-6-14-8-22(31)27-11-14/h2,5,9-10,13-14,16,21H,3-4,6-8,11-12H2,1H3,(H,27,31)/t14-/m1/s1. The normalized spacial score (nSPS) is 17.9. The van der Waals surface area contributed by atoms with Crippen LogP contribution < -0.4 is 19.5 Å². The van der Waals surface area contributed by atoms with Crippen LogP contribution in [-0.4, -0.2) is 53.7 Å². The number of hydrogen-bond donors (Lipinski definition) is 1. The lowest BCUT2D eigenvalue weighted by atomic mass is 10.1. The Hall–Kier alpha value is -3.43. The molecule has 1 atom stereocenters. The van der Waals surface area contributed by atoms with Crippen LogP contribution in [0.25, 0.3) is 22.3 Å². The van der Waals surface area contributed by atoms with E-state index in [2.05, 4.69) is 14.9 Å². The molecule has 0 radical (unpaired) electrons. The van der Waals surface area contributed by atoms with Crippen molar-refractivity contribution in [3.8, 4) is 28.6 Å². The number of methoxy groups -OCH3 is 1. The molecule has 34 heavy (non-hydrogen) atoms. The predicted octanol–water partition coefficient (Wildman–Crippen LogP) is 3.99. The van der Waals surface area contributed by atoms with Crippen LogP contribution in [0, 0.1) is 5.92 Å². The van der Waals surface area contributed by atoms with Crippen molar-refractivity contribution in [1.82, 2.24) is 19.9 Å². The minimum Gasteiger partial charge on any atom is -0.493 e. The van der Waals surface area contributed by atoms with Crippen molar-refractivity contribution in [2.45, 2.75) is 38.2 Å². The van der Waals surface area contributed by atoms with Crippen molar-refractivity contribution >= 4 is 16.9 Å². The summed E-state index contributed by atoms with van der Waals surface area (Å²) in [6, 6.07) is 7.33. The van der Waals surface area contributed by atoms with Crippen molar-refractivity contribution in [2.24, 2.45) is 5.92 Å². The Kier molecular flexibility index (Phi) is 6.21. The second-order valence-electron chi connectivity index (χ2n) is 8.64. The number of pyridine rings is 1. The predicted molar refractivity (Wildman–Crippen MR) is 121 cm³/mol. The van der Waals surface area contributed by atoms with Gasteiger partial charge in [-0.1, -0.05) is 0 Å². The van der Waals surface area contributed by atoms with Crippen LogP contribution in [-0.2, 0) is 4.79 Å². The largest absolute Gasteiger partial charge is 0.493 e. The number of benzene rings is 1. The summed E-state index contributed by atoms with van der Waals surface area (Å²) in [5.41, 5.74) is 2.97. The monoisotopic (exact) mass is 472 g/mol. The minimum atomic E-state index is -2.58. The number of rotatable bonds is 10. The van der Waals surface area contributed by atoms with Crippen molar-refractivity contribution in [2.75, 3.05) is 26.9 Å². The molecule has 1 saturated carbocycles. The summed E-state index contributed by atoms with van der Waals surface area (Å²) < 4.78 is 43.9. The van der Waals surface area contributed by atoms with Gasteiger partial charge in [-0.05, 0) is 49.4 Å². The zero-order chi connectivity index (χ0) is 23.7. The number of hydrogen-bond acceptors (Lipinski definition) is 6. The van der Waals surface area contributed by atoms with E-state index in [-0.39, 0.29) is 17.6 Å². The Balaban J connectivity index is 1.44. The van der Waals surface area contributed by atoms with E-state index in [0.29, 0.717) is 42.9 Å². The molecule has 2 aromatic heterocycles. The Labute approximate surface area is 195 Å². The molecule has 180 valence electrons. The third kappa shape index (κ3) is 4.76. The van der Waals surface area contributed by atoms with Crippen molar-refractivity contribution in [3.63, 3.8) is 0 Å². The van der Waals surface area contributed by atoms with Crippen molar-refractivity contribution in [3.05, 3.63) is 30.6 Å². The summed E-state index contributed by atoms with van der Waals surface area (Å²) in [7, 11) is 1.46. The van der Waals surface area contributed by atoms with Gasteiger partial charge in [-0.2, -0.15) is 0 Å². The van der Waals surface area contributed by atoms with Gasteiger partial charge in [0.2, 0.25) is 11.8 Å². The van der Waals surface area contributed by atoms with Gasteiger partial charge in [-0.15, -0.1) is 0 Å². The number of aromatic nitrogens is 3. The third-order valence-electron chi connectivity index (χ3n) is 6.11. The second kappa shape index (κ2) is 9.44. The fourth-order valence-electron chi connectivity index (χ4n) is 4.19. The van der Waals surface area contributed by atoms with Crippen LogP contribution in [0.3, 0.4) is 0 Å². The summed E-state index contributed by atoms with van der Waals surface area (Å²) in [6.07, 6.45) is 2.70. The smallest absolute Gasteiger partial charge is 0.272 e. The number of imidazole rings is 1. The fourth-order valence-corrected chi connectivity index (χ4v) is 4.19. The molecule has 0 spiro atoms. The van der Waals surface area contributed by atoms with E-state index in [0.717, 1.165) is 35.9 Å². The van der Waals surface area contributed by atoms with Gasteiger partial charge in [0.1, 0.15) is 12.1 Å². The molecular formula is C24H26F2N4O4. The Morgan fingerprint density at radius 3 is 2.76 bits per heavy atom. The van der Waals surface area contributed by atoms with E-state index < -0.39 is 13.0 Å². The lowest BCUT2D eigenvalue weighted by Gasteiger charge is -2.14. The van der Waals surface area contributed by atoms with Crippen LogP contribution in [0.15, 0.2) is 30.6 Å². The van der Waals surface area contributed by atoms with Crippen molar-refractivity contribution in [1.29, 1.82) is 0 Å². The van der Waals surface area contributed by atoms with Crippen molar-refractivity contribution < 1.29 is 27.8 Å². The average molecular weight is 472 g/mol. The number of nitrogens with one attached hydrogen (secondary N) is 1. The molecule has 3 aromatic rings. The molecule has 0 bridgehead atoms. The van der Waals surface area contributed by atoms with Crippen LogP contribution in [0.4, 0.5) is 8.78 Å². The molecule has 5 rings (SSSR count). The molecule has 3 heterocycles. The van der Waals surface area contributed by atoms with Crippen LogP contribution in [0.1, 0.15) is 31.7 Å². The van der Waals surface area contributed by atoms with Gasteiger partial charge in [0.25, 0.3) is 6.43 Å². The summed E-state index contributed by atoms with van der Waals surface area (Å²) in [4.78, 5) is 20.8. The highest BCUT2D eigenvalue weighted by molar-refractivity contribution is 5.85. The Morgan fingerprint density at radius 2 is 2.06 bits per heavy atom. The first-order valence-electron chi connectivity index (χ1n) is 11.4. The van der Waals surface area contributed by atoms with Crippen LogP contribution in [0.2, 0.25) is 0 Å². The van der Waals surface area contributed by atoms with E-state index in [1.54, 1.807) is 18.2 Å². The average Bonchev–Trinajstić information content (AvgIpc) is 3.45. The molecule has 1 N–H and O–H groups in total. The maximum atomic E-state index is 12.6. The molecule has 8 nitrogen and oxygen atoms in total. The summed E-state index contributed by atoms with van der Waals surface area (Å²) in [5, 5.41) is 2.85. The molecular weight excluding hydrogens is 446 g/mol. The van der Waals surface area contributed by atoms with E-state index in [1.165, 1.54) is 7.11 Å². The van der Waals surface area contributed by atoms with Gasteiger partial charge in [0, 0.05) is 24.6 Å². The SMILES string of the molecule is COc1cc(-c2cc3ncn(C4CC4)c3c(OCC[C@H]3CNC(=O)C3)n2)ccc1OCC(F)F. The topological polar surface area (TPSA) is 87.5 Å². The summed E-state index contributed by atoms with van der Waals surface area (Å²) in [6.45, 7) is 0.397. The maximum absolute atomic E-state index is 12.6. The first-order valence-corrected chi connectivity index (χ1v) is 11.4. The molecule has 1 aliphatic carbocycles. The fraction of sp³-hybridized carbons (Fsp3) is 0.458. The first-order chi connectivity index (χ1) is 16.5. The number of alkyl halides is 2. The van der Waals surface area contributed by atoms with Gasteiger partial charge in [0.05, 0.1) is 31.3 Å². The van der Waals surface area contributed by atoms with Gasteiger partial charge in [0.15, 0.2) is 11.5 Å². The molecule has 2 aliphatic rings. The highest BCUT2D eigenvalue weighted by atomic mass is 19.3. The highest BCUT2D eigenvalue weighted by Crippen LogP contribution is 2.40. The maximum Gasteiger partial charge on any atom is 0.272 e. The molecule has 1 aromatic carbocycles. The number of halogens is 2. The Morgan fingerprint density at radius 1 is 1.21 bits per heavy atom. The number of amides is 1. The molecule has 1 amide bonds. The molecule has 2 fully saturated rings. The molecule has 0 unspecified atom stereocenters. The van der Waals surface area contributed by atoms with Gasteiger partial charge < -0.3 is 24.1 Å². The first kappa shape index (κ1) is 22.4. The molecule has 10 heteroatoms. The number of nitrogens with zero attached hydrogens (tertiary/aromatic N) is 3. The zero-order valence-corrected chi connectivity index (χ0v) is 18.8. The number of ether oxygens (including phenoxy) is 3. The molecule has 1 aliphatic heterocycles. The van der Waals surface area contributed by atoms with Crippen LogP contribution >= 0.6 is 0 Å². The van der Waals surface area contributed by atoms with E-state index in [4.69, 9.17) is 19.2 Å². The number of fused-ring (bicyclic) bond motifs is 1. The van der Waals surface area contributed by atoms with E-state index >= 15 is 0 Å². The lowest BCUT2D eigenvalue weighted by Crippen LogP contribution is -2.14. The van der Waals surface area contributed by atoms with E-state index in [9.17, 15) is 13.6 Å². The van der Waals surface area contributed by atoms with Gasteiger partial charge in [-0.25, -0.2) is 18.7 Å². The summed E-state index contributed by atoms with van der Waals surface area (Å²) >= 11 is 0. The van der Waals surface area contributed by atoms with E-state index in [1.807, 2.05) is 12.4 Å². The second-order valence-corrected chi connectivity index (χ2v) is 8.64. The quantitative estimate of drug-likeness (QED) is 0.480. The Bertz CT molecular complexity index is 1200. The third-order valence-corrected chi connectivity index (χ3v) is 6.11. The zero-order valence-electron chi connectivity index (χ0n) is 18.8. The van der Waals surface area contributed by atoms with Gasteiger partial charge in [-0.3, -0.25) is 4.79 Å². The van der Waals surface area contributed by atoms with Gasteiger partial charge >= 0.3 is 0 Å². The number of carbonyl (C=O) groups is 1. The molecule has 1 saturated heterocycles. The number of carbonyl (C=O) groups excluding carboxylic acids is 1. The minimum absolute atomic E-state index is 0.0780. The lowest BCUT2D eigenvalue weighted by molar-refractivity contribution is -0.119. The highest BCUT2D eigenvalue weighted by Gasteiger charge is 2.28.